The van der Waals surface area contributed by atoms with E-state index in [4.69, 9.17) is 10.5 Å². The molecule has 2 aromatic rings. The van der Waals surface area contributed by atoms with E-state index in [-0.39, 0.29) is 0 Å². The third kappa shape index (κ3) is 2.65. The van der Waals surface area contributed by atoms with Gasteiger partial charge in [0.05, 0.1) is 6.54 Å². The number of nitrogens with two attached hydrogens (primary N) is 1. The zero-order valence-corrected chi connectivity index (χ0v) is 10.9. The molecule has 0 saturated heterocycles. The second-order valence-corrected chi connectivity index (χ2v) is 4.79. The van der Waals surface area contributed by atoms with Crippen LogP contribution in [-0.4, -0.2) is 19.7 Å². The van der Waals surface area contributed by atoms with Gasteiger partial charge in [-0.2, -0.15) is 0 Å². The van der Waals surface area contributed by atoms with Gasteiger partial charge >= 0.3 is 0 Å². The molecule has 0 fully saturated rings. The molecule has 2 N–H and O–H groups in total. The Bertz CT molecular complexity index is 554. The van der Waals surface area contributed by atoms with Gasteiger partial charge in [-0.05, 0) is 42.3 Å². The van der Waals surface area contributed by atoms with E-state index in [1.165, 1.54) is 11.3 Å². The minimum absolute atomic E-state index is 0.702. The quantitative estimate of drug-likeness (QED) is 0.853. The van der Waals surface area contributed by atoms with Gasteiger partial charge in [0, 0.05) is 17.9 Å². The van der Waals surface area contributed by atoms with Crippen molar-refractivity contribution < 1.29 is 4.74 Å². The standard InChI is InChI=1S/C16H18N2O/c17-14-6-7-16-13(12-14)8-9-18(16)10-11-19-15-4-2-1-3-5-15/h1-7,12H,8-11,17H2. The van der Waals surface area contributed by atoms with Crippen molar-refractivity contribution in [2.75, 3.05) is 30.3 Å². The average Bonchev–Trinajstić information content (AvgIpc) is 2.82. The van der Waals surface area contributed by atoms with E-state index in [0.29, 0.717) is 6.61 Å². The first-order valence-corrected chi connectivity index (χ1v) is 6.64. The summed E-state index contributed by atoms with van der Waals surface area (Å²) in [5.74, 6) is 0.930. The van der Waals surface area contributed by atoms with Crippen LogP contribution in [0.4, 0.5) is 11.4 Å². The summed E-state index contributed by atoms with van der Waals surface area (Å²) in [6, 6.07) is 16.1. The molecule has 3 rings (SSSR count). The number of hydrogen-bond acceptors (Lipinski definition) is 3. The van der Waals surface area contributed by atoms with Crippen molar-refractivity contribution in [3.63, 3.8) is 0 Å². The van der Waals surface area contributed by atoms with Crippen LogP contribution >= 0.6 is 0 Å². The van der Waals surface area contributed by atoms with Crippen molar-refractivity contribution in [2.24, 2.45) is 0 Å². The number of nitrogen functional groups attached to an aromatic ring is 1. The molecular formula is C16H18N2O. The summed E-state index contributed by atoms with van der Waals surface area (Å²) in [6.45, 7) is 2.66. The van der Waals surface area contributed by atoms with Gasteiger partial charge in [0.1, 0.15) is 12.4 Å². The third-order valence-electron chi connectivity index (χ3n) is 3.47. The van der Waals surface area contributed by atoms with Crippen LogP contribution in [0, 0.1) is 0 Å². The highest BCUT2D eigenvalue weighted by Crippen LogP contribution is 2.29. The molecular weight excluding hydrogens is 236 g/mol. The smallest absolute Gasteiger partial charge is 0.119 e. The summed E-state index contributed by atoms with van der Waals surface area (Å²) >= 11 is 0. The van der Waals surface area contributed by atoms with E-state index in [2.05, 4.69) is 17.0 Å². The molecule has 0 saturated carbocycles. The van der Waals surface area contributed by atoms with E-state index in [1.807, 2.05) is 36.4 Å². The Hall–Kier alpha value is -2.16. The lowest BCUT2D eigenvalue weighted by Gasteiger charge is -2.19. The first kappa shape index (κ1) is 11.9. The van der Waals surface area contributed by atoms with Gasteiger partial charge in [-0.15, -0.1) is 0 Å². The molecule has 1 aliphatic rings. The number of benzene rings is 2. The van der Waals surface area contributed by atoms with Crippen LogP contribution in [0.1, 0.15) is 5.56 Å². The Balaban J connectivity index is 1.58. The Morgan fingerprint density at radius 3 is 2.79 bits per heavy atom. The van der Waals surface area contributed by atoms with Crippen LogP contribution in [0.25, 0.3) is 0 Å². The molecule has 3 heteroatoms. The van der Waals surface area contributed by atoms with E-state index < -0.39 is 0 Å². The molecule has 0 spiro atoms. The lowest BCUT2D eigenvalue weighted by molar-refractivity contribution is 0.324. The number of fused-ring (bicyclic) bond motifs is 1. The molecule has 2 aromatic carbocycles. The number of ether oxygens (including phenoxy) is 1. The van der Waals surface area contributed by atoms with E-state index in [1.54, 1.807) is 0 Å². The van der Waals surface area contributed by atoms with Gasteiger partial charge in [0.2, 0.25) is 0 Å². The van der Waals surface area contributed by atoms with Gasteiger partial charge < -0.3 is 15.4 Å². The zero-order chi connectivity index (χ0) is 13.1. The molecule has 0 unspecified atom stereocenters. The van der Waals surface area contributed by atoms with E-state index >= 15 is 0 Å². The van der Waals surface area contributed by atoms with Crippen LogP contribution in [-0.2, 0) is 6.42 Å². The fourth-order valence-corrected chi connectivity index (χ4v) is 2.51. The monoisotopic (exact) mass is 254 g/mol. The Morgan fingerprint density at radius 2 is 1.95 bits per heavy atom. The van der Waals surface area contributed by atoms with Gasteiger partial charge in [0.15, 0.2) is 0 Å². The van der Waals surface area contributed by atoms with Gasteiger partial charge in [-0.3, -0.25) is 0 Å². The average molecular weight is 254 g/mol. The SMILES string of the molecule is Nc1ccc2c(c1)CCN2CCOc1ccccc1. The summed E-state index contributed by atoms with van der Waals surface area (Å²) < 4.78 is 5.74. The molecule has 0 aliphatic carbocycles. The van der Waals surface area contributed by atoms with E-state index in [0.717, 1.165) is 30.9 Å². The second-order valence-electron chi connectivity index (χ2n) is 4.79. The number of rotatable bonds is 4. The molecule has 1 heterocycles. The van der Waals surface area contributed by atoms with Crippen LogP contribution in [0.15, 0.2) is 48.5 Å². The minimum Gasteiger partial charge on any atom is -0.492 e. The summed E-state index contributed by atoms with van der Waals surface area (Å²) in [5.41, 5.74) is 9.30. The number of anilines is 2. The van der Waals surface area contributed by atoms with Gasteiger partial charge in [-0.1, -0.05) is 18.2 Å². The molecule has 19 heavy (non-hydrogen) atoms. The minimum atomic E-state index is 0.702. The van der Waals surface area contributed by atoms with Crippen molar-refractivity contribution in [1.82, 2.24) is 0 Å². The molecule has 0 bridgehead atoms. The largest absolute Gasteiger partial charge is 0.492 e. The fraction of sp³-hybridized carbons (Fsp3) is 0.250. The number of hydrogen-bond donors (Lipinski definition) is 1. The molecule has 0 amide bonds. The van der Waals surface area contributed by atoms with Gasteiger partial charge in [-0.25, -0.2) is 0 Å². The topological polar surface area (TPSA) is 38.5 Å². The summed E-state index contributed by atoms with van der Waals surface area (Å²) in [6.07, 6.45) is 1.08. The maximum Gasteiger partial charge on any atom is 0.119 e. The van der Waals surface area contributed by atoms with Crippen LogP contribution in [0.5, 0.6) is 5.75 Å². The number of para-hydroxylation sites is 1. The lowest BCUT2D eigenvalue weighted by Crippen LogP contribution is -2.26. The first-order valence-electron chi connectivity index (χ1n) is 6.64. The second kappa shape index (κ2) is 5.22. The normalized spacial score (nSPS) is 13.4. The van der Waals surface area contributed by atoms with Crippen LogP contribution in [0.3, 0.4) is 0 Å². The maximum absolute atomic E-state index is 5.81. The molecule has 1 aliphatic heterocycles. The lowest BCUT2D eigenvalue weighted by atomic mass is 10.1. The maximum atomic E-state index is 5.81. The fourth-order valence-electron chi connectivity index (χ4n) is 2.51. The van der Waals surface area contributed by atoms with Crippen molar-refractivity contribution >= 4 is 11.4 Å². The Kier molecular flexibility index (Phi) is 3.27. The van der Waals surface area contributed by atoms with Crippen LogP contribution < -0.4 is 15.4 Å². The van der Waals surface area contributed by atoms with Crippen molar-refractivity contribution in [3.05, 3.63) is 54.1 Å². The molecule has 0 radical (unpaired) electrons. The highest BCUT2D eigenvalue weighted by Gasteiger charge is 2.18. The van der Waals surface area contributed by atoms with Crippen molar-refractivity contribution in [2.45, 2.75) is 6.42 Å². The molecule has 0 aromatic heterocycles. The summed E-state index contributed by atoms with van der Waals surface area (Å²) in [4.78, 5) is 2.36. The summed E-state index contributed by atoms with van der Waals surface area (Å²) in [5, 5.41) is 0. The van der Waals surface area contributed by atoms with E-state index in [9.17, 15) is 0 Å². The Labute approximate surface area is 113 Å². The van der Waals surface area contributed by atoms with Crippen molar-refractivity contribution in [1.29, 1.82) is 0 Å². The highest BCUT2D eigenvalue weighted by atomic mass is 16.5. The Morgan fingerprint density at radius 1 is 1.11 bits per heavy atom. The zero-order valence-electron chi connectivity index (χ0n) is 10.9. The molecule has 98 valence electrons. The first-order chi connectivity index (χ1) is 9.33. The highest BCUT2D eigenvalue weighted by molar-refractivity contribution is 5.62. The predicted octanol–water partition coefficient (Wildman–Crippen LogP) is 2.71. The predicted molar refractivity (Wildman–Crippen MR) is 78.7 cm³/mol. The third-order valence-corrected chi connectivity index (χ3v) is 3.47. The molecule has 0 atom stereocenters. The van der Waals surface area contributed by atoms with Crippen LogP contribution in [0.2, 0.25) is 0 Å². The molecule has 3 nitrogen and oxygen atoms in total. The van der Waals surface area contributed by atoms with Gasteiger partial charge in [0.25, 0.3) is 0 Å². The summed E-state index contributed by atoms with van der Waals surface area (Å²) in [7, 11) is 0. The van der Waals surface area contributed by atoms with Crippen molar-refractivity contribution in [3.8, 4) is 5.75 Å². The number of nitrogens with zero attached hydrogens (tertiary/aromatic N) is 1.